The summed E-state index contributed by atoms with van der Waals surface area (Å²) in [7, 11) is 0. The highest BCUT2D eigenvalue weighted by molar-refractivity contribution is 5.93. The standard InChI is InChI=1S/C16H23N3O/c1-12-15(7-8-17-12)16(20)18-13-5-4-6-14(11-13)19-9-2-3-10-19/h4-6,11-12,15,17H,2-3,7-10H2,1H3,(H,18,20). The van der Waals surface area contributed by atoms with Gasteiger partial charge in [-0.05, 0) is 50.9 Å². The van der Waals surface area contributed by atoms with Crippen molar-refractivity contribution in [1.29, 1.82) is 0 Å². The number of hydrogen-bond acceptors (Lipinski definition) is 3. The summed E-state index contributed by atoms with van der Waals surface area (Å²) in [6, 6.07) is 8.50. The van der Waals surface area contributed by atoms with Gasteiger partial charge in [0.05, 0.1) is 5.92 Å². The molecule has 3 rings (SSSR count). The Morgan fingerprint density at radius 3 is 2.85 bits per heavy atom. The minimum absolute atomic E-state index is 0.0884. The van der Waals surface area contributed by atoms with Gasteiger partial charge in [-0.3, -0.25) is 4.79 Å². The predicted octanol–water partition coefficient (Wildman–Crippen LogP) is 2.22. The summed E-state index contributed by atoms with van der Waals surface area (Å²) in [6.45, 7) is 5.27. The lowest BCUT2D eigenvalue weighted by Crippen LogP contribution is -2.32. The summed E-state index contributed by atoms with van der Waals surface area (Å²) in [5, 5.41) is 6.40. The molecule has 2 atom stereocenters. The molecule has 0 aliphatic carbocycles. The van der Waals surface area contributed by atoms with Crippen LogP contribution in [0.4, 0.5) is 11.4 Å². The molecule has 2 heterocycles. The van der Waals surface area contributed by atoms with E-state index >= 15 is 0 Å². The van der Waals surface area contributed by atoms with E-state index in [0.29, 0.717) is 0 Å². The Balaban J connectivity index is 1.67. The van der Waals surface area contributed by atoms with Gasteiger partial charge in [0, 0.05) is 30.5 Å². The number of amides is 1. The largest absolute Gasteiger partial charge is 0.371 e. The monoisotopic (exact) mass is 273 g/mol. The van der Waals surface area contributed by atoms with E-state index < -0.39 is 0 Å². The molecular weight excluding hydrogens is 250 g/mol. The smallest absolute Gasteiger partial charge is 0.229 e. The summed E-state index contributed by atoms with van der Waals surface area (Å²) in [5.74, 6) is 0.228. The first-order chi connectivity index (χ1) is 9.74. The second-order valence-electron chi connectivity index (χ2n) is 5.87. The van der Waals surface area contributed by atoms with Gasteiger partial charge in [0.15, 0.2) is 0 Å². The number of benzene rings is 1. The maximum atomic E-state index is 12.3. The summed E-state index contributed by atoms with van der Waals surface area (Å²) < 4.78 is 0. The SMILES string of the molecule is CC1NCCC1C(=O)Nc1cccc(N2CCCC2)c1. The van der Waals surface area contributed by atoms with Crippen LogP contribution in [-0.4, -0.2) is 31.6 Å². The Morgan fingerprint density at radius 1 is 1.35 bits per heavy atom. The third-order valence-electron chi connectivity index (χ3n) is 4.45. The molecule has 2 aliphatic heterocycles. The van der Waals surface area contributed by atoms with E-state index in [-0.39, 0.29) is 17.9 Å². The van der Waals surface area contributed by atoms with Gasteiger partial charge in [-0.2, -0.15) is 0 Å². The number of hydrogen-bond donors (Lipinski definition) is 2. The molecule has 0 aromatic heterocycles. The molecule has 108 valence electrons. The lowest BCUT2D eigenvalue weighted by atomic mass is 10.0. The number of nitrogens with one attached hydrogen (secondary N) is 2. The Kier molecular flexibility index (Phi) is 3.92. The minimum atomic E-state index is 0.0884. The van der Waals surface area contributed by atoms with Crippen LogP contribution in [0.3, 0.4) is 0 Å². The third-order valence-corrected chi connectivity index (χ3v) is 4.45. The van der Waals surface area contributed by atoms with Gasteiger partial charge < -0.3 is 15.5 Å². The maximum absolute atomic E-state index is 12.3. The molecule has 0 saturated carbocycles. The summed E-state index contributed by atoms with van der Waals surface area (Å²) in [4.78, 5) is 14.7. The summed E-state index contributed by atoms with van der Waals surface area (Å²) in [6.07, 6.45) is 3.46. The van der Waals surface area contributed by atoms with Crippen LogP contribution in [0.15, 0.2) is 24.3 Å². The number of carbonyl (C=O) groups excluding carboxylic acids is 1. The summed E-state index contributed by atoms with van der Waals surface area (Å²) >= 11 is 0. The Bertz CT molecular complexity index is 482. The van der Waals surface area contributed by atoms with Crippen molar-refractivity contribution in [3.63, 3.8) is 0 Å². The van der Waals surface area contributed by atoms with E-state index in [1.54, 1.807) is 0 Å². The van der Waals surface area contributed by atoms with Gasteiger partial charge in [0.1, 0.15) is 0 Å². The zero-order chi connectivity index (χ0) is 13.9. The van der Waals surface area contributed by atoms with Crippen LogP contribution in [-0.2, 0) is 4.79 Å². The highest BCUT2D eigenvalue weighted by Gasteiger charge is 2.29. The van der Waals surface area contributed by atoms with Gasteiger partial charge >= 0.3 is 0 Å². The van der Waals surface area contributed by atoms with E-state index in [9.17, 15) is 4.79 Å². The molecule has 4 nitrogen and oxygen atoms in total. The first-order valence-corrected chi connectivity index (χ1v) is 7.63. The fraction of sp³-hybridized carbons (Fsp3) is 0.562. The van der Waals surface area contributed by atoms with Gasteiger partial charge in [-0.15, -0.1) is 0 Å². The van der Waals surface area contributed by atoms with E-state index in [1.807, 2.05) is 12.1 Å². The second-order valence-corrected chi connectivity index (χ2v) is 5.87. The van der Waals surface area contributed by atoms with Crippen molar-refractivity contribution >= 4 is 17.3 Å². The van der Waals surface area contributed by atoms with Gasteiger partial charge in [0.2, 0.25) is 5.91 Å². The van der Waals surface area contributed by atoms with Crippen LogP contribution in [0.2, 0.25) is 0 Å². The Morgan fingerprint density at radius 2 is 2.15 bits per heavy atom. The molecule has 2 aliphatic rings. The van der Waals surface area contributed by atoms with Crippen LogP contribution >= 0.6 is 0 Å². The van der Waals surface area contributed by atoms with E-state index in [2.05, 4.69) is 34.6 Å². The molecule has 1 aromatic carbocycles. The molecule has 0 radical (unpaired) electrons. The number of anilines is 2. The first-order valence-electron chi connectivity index (χ1n) is 7.63. The molecule has 2 unspecified atom stereocenters. The van der Waals surface area contributed by atoms with Crippen molar-refractivity contribution in [3.05, 3.63) is 24.3 Å². The van der Waals surface area contributed by atoms with E-state index in [1.165, 1.54) is 18.5 Å². The molecule has 4 heteroatoms. The van der Waals surface area contributed by atoms with Crippen molar-refractivity contribution in [2.24, 2.45) is 5.92 Å². The van der Waals surface area contributed by atoms with Gasteiger partial charge in [-0.1, -0.05) is 6.07 Å². The average Bonchev–Trinajstić information content (AvgIpc) is 3.09. The normalized spacial score (nSPS) is 25.9. The van der Waals surface area contributed by atoms with Crippen molar-refractivity contribution in [3.8, 4) is 0 Å². The molecule has 2 saturated heterocycles. The van der Waals surface area contributed by atoms with Crippen molar-refractivity contribution < 1.29 is 4.79 Å². The van der Waals surface area contributed by atoms with Gasteiger partial charge in [0.25, 0.3) is 0 Å². The third kappa shape index (κ3) is 2.80. The van der Waals surface area contributed by atoms with Crippen molar-refractivity contribution in [1.82, 2.24) is 5.32 Å². The second kappa shape index (κ2) is 5.83. The van der Waals surface area contributed by atoms with Crippen LogP contribution in [0.1, 0.15) is 26.2 Å². The fourth-order valence-electron chi connectivity index (χ4n) is 3.21. The molecule has 20 heavy (non-hydrogen) atoms. The summed E-state index contributed by atoms with van der Waals surface area (Å²) in [5.41, 5.74) is 2.14. The molecule has 1 aromatic rings. The van der Waals surface area contributed by atoms with Crippen molar-refractivity contribution in [2.75, 3.05) is 29.9 Å². The maximum Gasteiger partial charge on any atom is 0.229 e. The molecule has 0 spiro atoms. The number of carbonyl (C=O) groups is 1. The van der Waals surface area contributed by atoms with Crippen LogP contribution in [0, 0.1) is 5.92 Å². The molecule has 0 bridgehead atoms. The Labute approximate surface area is 120 Å². The number of nitrogens with zero attached hydrogens (tertiary/aromatic N) is 1. The van der Waals surface area contributed by atoms with E-state index in [0.717, 1.165) is 31.7 Å². The average molecular weight is 273 g/mol. The lowest BCUT2D eigenvalue weighted by Gasteiger charge is -2.19. The lowest BCUT2D eigenvalue weighted by molar-refractivity contribution is -0.119. The first kappa shape index (κ1) is 13.4. The fourth-order valence-corrected chi connectivity index (χ4v) is 3.21. The molecule has 2 N–H and O–H groups in total. The van der Waals surface area contributed by atoms with E-state index in [4.69, 9.17) is 0 Å². The van der Waals surface area contributed by atoms with Crippen LogP contribution < -0.4 is 15.5 Å². The highest BCUT2D eigenvalue weighted by Crippen LogP contribution is 2.24. The van der Waals surface area contributed by atoms with Gasteiger partial charge in [-0.25, -0.2) is 0 Å². The zero-order valence-electron chi connectivity index (χ0n) is 12.1. The highest BCUT2D eigenvalue weighted by atomic mass is 16.1. The Hall–Kier alpha value is -1.55. The number of rotatable bonds is 3. The quantitative estimate of drug-likeness (QED) is 0.887. The van der Waals surface area contributed by atoms with Crippen molar-refractivity contribution in [2.45, 2.75) is 32.2 Å². The van der Waals surface area contributed by atoms with Crippen LogP contribution in [0.5, 0.6) is 0 Å². The molecule has 1 amide bonds. The predicted molar refractivity (Wildman–Crippen MR) is 82.1 cm³/mol. The molecule has 2 fully saturated rings. The minimum Gasteiger partial charge on any atom is -0.371 e. The topological polar surface area (TPSA) is 44.4 Å². The zero-order valence-corrected chi connectivity index (χ0v) is 12.1. The molecular formula is C16H23N3O. The van der Waals surface area contributed by atoms with Crippen LogP contribution in [0.25, 0.3) is 0 Å².